The van der Waals surface area contributed by atoms with Gasteiger partial charge in [-0.3, -0.25) is 4.79 Å². The fourth-order valence-corrected chi connectivity index (χ4v) is 4.33. The maximum absolute atomic E-state index is 13.0. The smallest absolute Gasteiger partial charge is 0.255 e. The van der Waals surface area contributed by atoms with Gasteiger partial charge in [-0.2, -0.15) is 0 Å². The van der Waals surface area contributed by atoms with Crippen LogP contribution in [0.2, 0.25) is 0 Å². The van der Waals surface area contributed by atoms with Gasteiger partial charge in [0.25, 0.3) is 5.91 Å². The summed E-state index contributed by atoms with van der Waals surface area (Å²) in [6.45, 7) is 12.6. The Balaban J connectivity index is 1.73. The number of amides is 1. The highest BCUT2D eigenvalue weighted by Gasteiger charge is 2.24. The number of hydrogen-bond donors (Lipinski definition) is 0. The molecule has 0 N–H and O–H groups in total. The predicted molar refractivity (Wildman–Crippen MR) is 99.2 cm³/mol. The Morgan fingerprint density at radius 3 is 2.62 bits per heavy atom. The van der Waals surface area contributed by atoms with Crippen LogP contribution in [0.25, 0.3) is 0 Å². The van der Waals surface area contributed by atoms with Crippen LogP contribution in [-0.4, -0.2) is 46.5 Å². The lowest BCUT2D eigenvalue weighted by atomic mass is 10.2. The normalized spacial score (nSPS) is 15.7. The van der Waals surface area contributed by atoms with Crippen molar-refractivity contribution in [2.24, 2.45) is 0 Å². The van der Waals surface area contributed by atoms with Gasteiger partial charge in [0.1, 0.15) is 0 Å². The Labute approximate surface area is 147 Å². The molecule has 0 saturated carbocycles. The van der Waals surface area contributed by atoms with E-state index in [0.29, 0.717) is 0 Å². The molecule has 1 aliphatic rings. The molecule has 130 valence electrons. The molecule has 1 aliphatic heterocycles. The Kier molecular flexibility index (Phi) is 4.94. The Hall–Kier alpha value is -1.82. The summed E-state index contributed by atoms with van der Waals surface area (Å²) >= 11 is 1.69. The van der Waals surface area contributed by atoms with E-state index < -0.39 is 0 Å². The number of aromatic nitrogens is 2. The van der Waals surface area contributed by atoms with Crippen LogP contribution in [0.15, 0.2) is 11.4 Å². The van der Waals surface area contributed by atoms with Gasteiger partial charge in [-0.05, 0) is 40.2 Å². The van der Waals surface area contributed by atoms with Crippen molar-refractivity contribution in [3.05, 3.63) is 34.1 Å². The molecule has 3 heterocycles. The molecule has 0 unspecified atom stereocenters. The minimum atomic E-state index is 0.167. The topological polar surface area (TPSA) is 41.4 Å². The molecule has 0 bridgehead atoms. The second-order valence-electron chi connectivity index (χ2n) is 6.43. The molecule has 0 aliphatic carbocycles. The van der Waals surface area contributed by atoms with E-state index in [0.717, 1.165) is 66.9 Å². The number of hydrogen-bond acceptors (Lipinski definition) is 4. The molecule has 1 fully saturated rings. The molecular formula is C18H26N4OS. The van der Waals surface area contributed by atoms with Crippen LogP contribution in [0.4, 0.5) is 5.13 Å². The van der Waals surface area contributed by atoms with Crippen molar-refractivity contribution in [1.82, 2.24) is 14.5 Å². The number of anilines is 1. The van der Waals surface area contributed by atoms with Crippen molar-refractivity contribution >= 4 is 22.4 Å². The van der Waals surface area contributed by atoms with Crippen molar-refractivity contribution in [2.45, 2.75) is 40.7 Å². The molecule has 5 nitrogen and oxygen atoms in total. The number of thiazole rings is 1. The Morgan fingerprint density at radius 2 is 2.00 bits per heavy atom. The lowest BCUT2D eigenvalue weighted by Gasteiger charge is -2.22. The van der Waals surface area contributed by atoms with Gasteiger partial charge >= 0.3 is 0 Å². The van der Waals surface area contributed by atoms with Crippen molar-refractivity contribution in [2.75, 3.05) is 31.1 Å². The first-order valence-electron chi connectivity index (χ1n) is 8.64. The molecule has 2 aromatic heterocycles. The molecule has 2 aromatic rings. The summed E-state index contributed by atoms with van der Waals surface area (Å²) in [5.74, 6) is 0.167. The minimum Gasteiger partial charge on any atom is -0.349 e. The molecule has 0 radical (unpaired) electrons. The van der Waals surface area contributed by atoms with Crippen LogP contribution in [-0.2, 0) is 6.54 Å². The third-order valence-corrected chi connectivity index (χ3v) is 5.80. The zero-order valence-corrected chi connectivity index (χ0v) is 15.8. The summed E-state index contributed by atoms with van der Waals surface area (Å²) in [5.41, 5.74) is 4.16. The van der Waals surface area contributed by atoms with E-state index >= 15 is 0 Å². The van der Waals surface area contributed by atoms with Gasteiger partial charge in [-0.15, -0.1) is 11.3 Å². The highest BCUT2D eigenvalue weighted by Crippen LogP contribution is 2.23. The monoisotopic (exact) mass is 346 g/mol. The Morgan fingerprint density at radius 1 is 1.21 bits per heavy atom. The van der Waals surface area contributed by atoms with Crippen LogP contribution in [0, 0.1) is 20.8 Å². The first-order valence-corrected chi connectivity index (χ1v) is 9.52. The molecule has 1 saturated heterocycles. The maximum Gasteiger partial charge on any atom is 0.255 e. The molecule has 0 aromatic carbocycles. The third kappa shape index (κ3) is 3.20. The largest absolute Gasteiger partial charge is 0.349 e. The Bertz CT molecular complexity index is 733. The van der Waals surface area contributed by atoms with Crippen molar-refractivity contribution < 1.29 is 4.79 Å². The average molecular weight is 347 g/mol. The predicted octanol–water partition coefficient (Wildman–Crippen LogP) is 3.24. The number of carbonyl (C=O) groups excluding carboxylic acids is 1. The van der Waals surface area contributed by atoms with Crippen molar-refractivity contribution in [3.8, 4) is 0 Å². The van der Waals surface area contributed by atoms with E-state index in [4.69, 9.17) is 0 Å². The van der Waals surface area contributed by atoms with Crippen molar-refractivity contribution in [1.29, 1.82) is 0 Å². The molecule has 0 spiro atoms. The van der Waals surface area contributed by atoms with Crippen LogP contribution < -0.4 is 4.90 Å². The van der Waals surface area contributed by atoms with Crippen molar-refractivity contribution in [3.63, 3.8) is 0 Å². The van der Waals surface area contributed by atoms with E-state index in [2.05, 4.69) is 33.7 Å². The van der Waals surface area contributed by atoms with Crippen LogP contribution in [0.3, 0.4) is 0 Å². The summed E-state index contributed by atoms with van der Waals surface area (Å²) in [4.78, 5) is 21.9. The SMILES string of the molecule is CCn1c(C)cc(C(=O)N2CCCN(c3nc(C)cs3)CC2)c1C. The van der Waals surface area contributed by atoms with E-state index in [1.54, 1.807) is 11.3 Å². The zero-order valence-electron chi connectivity index (χ0n) is 15.0. The number of carbonyl (C=O) groups is 1. The van der Waals surface area contributed by atoms with Crippen LogP contribution in [0.1, 0.15) is 40.8 Å². The second-order valence-corrected chi connectivity index (χ2v) is 7.27. The lowest BCUT2D eigenvalue weighted by molar-refractivity contribution is 0.0766. The summed E-state index contributed by atoms with van der Waals surface area (Å²) < 4.78 is 2.20. The van der Waals surface area contributed by atoms with Gasteiger partial charge in [0, 0.05) is 49.5 Å². The van der Waals surface area contributed by atoms with E-state index in [1.165, 1.54) is 0 Å². The second kappa shape index (κ2) is 6.97. The summed E-state index contributed by atoms with van der Waals surface area (Å²) in [6.07, 6.45) is 0.983. The summed E-state index contributed by atoms with van der Waals surface area (Å²) in [6, 6.07) is 2.04. The molecule has 0 atom stereocenters. The lowest BCUT2D eigenvalue weighted by Crippen LogP contribution is -2.35. The standard InChI is InChI=1S/C18H26N4OS/c1-5-22-14(3)11-16(15(22)4)17(23)20-7-6-8-21(10-9-20)18-19-13(2)12-24-18/h11-12H,5-10H2,1-4H3. The maximum atomic E-state index is 13.0. The van der Waals surface area contributed by atoms with E-state index in [9.17, 15) is 4.79 Å². The summed E-state index contributed by atoms with van der Waals surface area (Å²) in [5, 5.41) is 3.16. The number of nitrogens with zero attached hydrogens (tertiary/aromatic N) is 4. The number of rotatable bonds is 3. The third-order valence-electron chi connectivity index (χ3n) is 4.78. The quantitative estimate of drug-likeness (QED) is 0.857. The summed E-state index contributed by atoms with van der Waals surface area (Å²) in [7, 11) is 0. The van der Waals surface area contributed by atoms with E-state index in [-0.39, 0.29) is 5.91 Å². The van der Waals surface area contributed by atoms with E-state index in [1.807, 2.05) is 24.8 Å². The van der Waals surface area contributed by atoms with Crippen LogP contribution in [0.5, 0.6) is 0 Å². The molecular weight excluding hydrogens is 320 g/mol. The average Bonchev–Trinajstić information content (AvgIpc) is 3.00. The van der Waals surface area contributed by atoms with Gasteiger partial charge in [-0.1, -0.05) is 0 Å². The fourth-order valence-electron chi connectivity index (χ4n) is 3.47. The first kappa shape index (κ1) is 17.0. The number of aryl methyl sites for hydroxylation is 2. The molecule has 6 heteroatoms. The highest BCUT2D eigenvalue weighted by molar-refractivity contribution is 7.13. The fraction of sp³-hybridized carbons (Fsp3) is 0.556. The zero-order chi connectivity index (χ0) is 17.3. The van der Waals surface area contributed by atoms with Crippen LogP contribution >= 0.6 is 11.3 Å². The molecule has 1 amide bonds. The van der Waals surface area contributed by atoms with Gasteiger partial charge in [0.15, 0.2) is 5.13 Å². The highest BCUT2D eigenvalue weighted by atomic mass is 32.1. The molecule has 3 rings (SSSR count). The van der Waals surface area contributed by atoms with Gasteiger partial charge in [0.05, 0.1) is 11.3 Å². The molecule has 24 heavy (non-hydrogen) atoms. The minimum absolute atomic E-state index is 0.167. The van der Waals surface area contributed by atoms with Gasteiger partial charge < -0.3 is 14.4 Å². The first-order chi connectivity index (χ1) is 11.5. The van der Waals surface area contributed by atoms with Gasteiger partial charge in [0.2, 0.25) is 0 Å². The van der Waals surface area contributed by atoms with Gasteiger partial charge in [-0.25, -0.2) is 4.98 Å².